The summed E-state index contributed by atoms with van der Waals surface area (Å²) in [6.45, 7) is 7.62. The first-order valence-corrected chi connectivity index (χ1v) is 10.0. The molecule has 6 heteroatoms. The van der Waals surface area contributed by atoms with Crippen LogP contribution >= 0.6 is 11.8 Å². The van der Waals surface area contributed by atoms with Gasteiger partial charge in [0.25, 0.3) is 5.56 Å². The molecule has 0 aliphatic carbocycles. The van der Waals surface area contributed by atoms with Crippen LogP contribution in [0, 0.1) is 12.3 Å². The van der Waals surface area contributed by atoms with E-state index in [4.69, 9.17) is 9.72 Å². The van der Waals surface area contributed by atoms with Crippen molar-refractivity contribution in [2.24, 2.45) is 5.41 Å². The lowest BCUT2D eigenvalue weighted by molar-refractivity contribution is -0.123. The van der Waals surface area contributed by atoms with E-state index in [1.165, 1.54) is 11.8 Å². The maximum Gasteiger partial charge on any atom is 0.266 e. The quantitative estimate of drug-likeness (QED) is 0.472. The van der Waals surface area contributed by atoms with Crippen LogP contribution in [0.3, 0.4) is 0 Å². The van der Waals surface area contributed by atoms with E-state index < -0.39 is 5.41 Å². The summed E-state index contributed by atoms with van der Waals surface area (Å²) in [6.07, 6.45) is 0. The number of thioether (sulfide) groups is 1. The highest BCUT2D eigenvalue weighted by Crippen LogP contribution is 2.26. The van der Waals surface area contributed by atoms with Gasteiger partial charge in [0, 0.05) is 5.41 Å². The Morgan fingerprint density at radius 1 is 1.14 bits per heavy atom. The summed E-state index contributed by atoms with van der Waals surface area (Å²) in [4.78, 5) is 30.4. The van der Waals surface area contributed by atoms with Crippen LogP contribution in [0.5, 0.6) is 5.75 Å². The zero-order chi connectivity index (χ0) is 20.5. The van der Waals surface area contributed by atoms with Crippen LogP contribution in [-0.4, -0.2) is 28.2 Å². The van der Waals surface area contributed by atoms with Crippen molar-refractivity contribution in [2.45, 2.75) is 32.9 Å². The Morgan fingerprint density at radius 3 is 2.43 bits per heavy atom. The number of carbonyl (C=O) groups is 1. The lowest BCUT2D eigenvalue weighted by Gasteiger charge is -2.17. The highest BCUT2D eigenvalue weighted by atomic mass is 32.2. The van der Waals surface area contributed by atoms with Crippen molar-refractivity contribution < 1.29 is 9.53 Å². The molecule has 3 rings (SSSR count). The molecule has 0 saturated carbocycles. The highest BCUT2D eigenvalue weighted by molar-refractivity contribution is 7.99. The summed E-state index contributed by atoms with van der Waals surface area (Å²) in [6, 6.07) is 12.9. The highest BCUT2D eigenvalue weighted by Gasteiger charge is 2.22. The first-order chi connectivity index (χ1) is 13.2. The van der Waals surface area contributed by atoms with Gasteiger partial charge in [-0.2, -0.15) is 0 Å². The Kier molecular flexibility index (Phi) is 5.61. The number of hydrogen-bond donors (Lipinski definition) is 0. The molecule has 0 radical (unpaired) electrons. The van der Waals surface area contributed by atoms with Crippen LogP contribution in [-0.2, 0) is 4.79 Å². The molecular weight excluding hydrogens is 372 g/mol. The largest absolute Gasteiger partial charge is 0.497 e. The van der Waals surface area contributed by atoms with Gasteiger partial charge in [-0.3, -0.25) is 14.2 Å². The molecule has 0 aliphatic heterocycles. The molecule has 0 amide bonds. The summed E-state index contributed by atoms with van der Waals surface area (Å²) < 4.78 is 6.79. The minimum atomic E-state index is -0.438. The van der Waals surface area contributed by atoms with Crippen molar-refractivity contribution in [3.8, 4) is 11.4 Å². The lowest BCUT2D eigenvalue weighted by Crippen LogP contribution is -2.25. The zero-order valence-electron chi connectivity index (χ0n) is 16.8. The van der Waals surface area contributed by atoms with Gasteiger partial charge < -0.3 is 4.74 Å². The standard InChI is InChI=1S/C22H24N2O3S/c1-14-6-11-18-17(12-14)20(26)24(15-7-9-16(27-5)10-8-15)21(23-18)28-13-19(25)22(2,3)4/h6-12H,13H2,1-5H3. The zero-order valence-corrected chi connectivity index (χ0v) is 17.6. The minimum Gasteiger partial charge on any atom is -0.497 e. The molecule has 0 N–H and O–H groups in total. The molecule has 0 atom stereocenters. The van der Waals surface area contributed by atoms with Gasteiger partial charge in [-0.05, 0) is 43.3 Å². The molecule has 1 heterocycles. The van der Waals surface area contributed by atoms with Crippen molar-refractivity contribution in [1.29, 1.82) is 0 Å². The first-order valence-electron chi connectivity index (χ1n) is 9.04. The fourth-order valence-electron chi connectivity index (χ4n) is 2.68. The molecular formula is C22H24N2O3S. The van der Waals surface area contributed by atoms with Gasteiger partial charge in [0.2, 0.25) is 0 Å². The van der Waals surface area contributed by atoms with E-state index in [1.54, 1.807) is 23.8 Å². The van der Waals surface area contributed by atoms with Gasteiger partial charge in [0.05, 0.1) is 29.5 Å². The summed E-state index contributed by atoms with van der Waals surface area (Å²) in [5, 5.41) is 1.06. The van der Waals surface area contributed by atoms with Gasteiger partial charge >= 0.3 is 0 Å². The summed E-state index contributed by atoms with van der Waals surface area (Å²) in [5.41, 5.74) is 1.73. The summed E-state index contributed by atoms with van der Waals surface area (Å²) >= 11 is 1.29. The number of Topliss-reactive ketones (excluding diaryl/α,β-unsaturated/α-hetero) is 1. The number of ketones is 1. The second-order valence-electron chi connectivity index (χ2n) is 7.72. The Hall–Kier alpha value is -2.60. The van der Waals surface area contributed by atoms with Crippen LogP contribution < -0.4 is 10.3 Å². The topological polar surface area (TPSA) is 61.2 Å². The number of nitrogens with zero attached hydrogens (tertiary/aromatic N) is 2. The maximum atomic E-state index is 13.3. The predicted octanol–water partition coefficient (Wildman–Crippen LogP) is 4.41. The lowest BCUT2D eigenvalue weighted by atomic mass is 9.92. The Morgan fingerprint density at radius 2 is 1.82 bits per heavy atom. The van der Waals surface area contributed by atoms with Crippen LogP contribution in [0.1, 0.15) is 26.3 Å². The number of benzene rings is 2. The van der Waals surface area contributed by atoms with Crippen LogP contribution in [0.2, 0.25) is 0 Å². The van der Waals surface area contributed by atoms with E-state index in [-0.39, 0.29) is 17.1 Å². The third kappa shape index (κ3) is 4.12. The Bertz CT molecular complexity index is 1080. The second kappa shape index (κ2) is 7.80. The number of methoxy groups -OCH3 is 1. The Balaban J connectivity index is 2.15. The van der Waals surface area contributed by atoms with Crippen molar-refractivity contribution in [3.63, 3.8) is 0 Å². The maximum absolute atomic E-state index is 13.3. The molecule has 0 spiro atoms. The molecule has 2 aromatic carbocycles. The molecule has 3 aromatic rings. The number of aromatic nitrogens is 2. The van der Waals surface area contributed by atoms with Gasteiger partial charge in [0.15, 0.2) is 5.16 Å². The number of rotatable bonds is 5. The van der Waals surface area contributed by atoms with E-state index in [1.807, 2.05) is 58.0 Å². The molecule has 0 saturated heterocycles. The summed E-state index contributed by atoms with van der Waals surface area (Å²) in [5.74, 6) is 1.07. The van der Waals surface area contributed by atoms with Gasteiger partial charge in [-0.15, -0.1) is 0 Å². The third-order valence-electron chi connectivity index (χ3n) is 4.49. The fraction of sp³-hybridized carbons (Fsp3) is 0.318. The van der Waals surface area contributed by atoms with E-state index in [2.05, 4.69) is 0 Å². The number of fused-ring (bicyclic) bond motifs is 1. The molecule has 146 valence electrons. The van der Waals surface area contributed by atoms with E-state index in [0.29, 0.717) is 27.5 Å². The first kappa shape index (κ1) is 20.1. The smallest absolute Gasteiger partial charge is 0.266 e. The average molecular weight is 397 g/mol. The number of carbonyl (C=O) groups excluding carboxylic acids is 1. The molecule has 0 aliphatic rings. The number of aryl methyl sites for hydroxylation is 1. The molecule has 0 unspecified atom stereocenters. The molecule has 0 fully saturated rings. The van der Waals surface area contributed by atoms with Crippen LogP contribution in [0.4, 0.5) is 0 Å². The number of hydrogen-bond acceptors (Lipinski definition) is 5. The second-order valence-corrected chi connectivity index (χ2v) is 8.66. The molecule has 28 heavy (non-hydrogen) atoms. The Labute approximate surface area is 168 Å². The minimum absolute atomic E-state index is 0.108. The van der Waals surface area contributed by atoms with Crippen LogP contribution in [0.15, 0.2) is 52.4 Å². The van der Waals surface area contributed by atoms with Gasteiger partial charge in [-0.25, -0.2) is 4.98 Å². The van der Waals surface area contributed by atoms with Gasteiger partial charge in [-0.1, -0.05) is 44.2 Å². The van der Waals surface area contributed by atoms with Crippen molar-refractivity contribution in [3.05, 3.63) is 58.4 Å². The predicted molar refractivity (Wildman–Crippen MR) is 114 cm³/mol. The van der Waals surface area contributed by atoms with E-state index in [0.717, 1.165) is 5.56 Å². The van der Waals surface area contributed by atoms with Crippen LogP contribution in [0.25, 0.3) is 16.6 Å². The average Bonchev–Trinajstić information content (AvgIpc) is 2.66. The molecule has 5 nitrogen and oxygen atoms in total. The van der Waals surface area contributed by atoms with Crippen molar-refractivity contribution in [1.82, 2.24) is 9.55 Å². The van der Waals surface area contributed by atoms with Crippen molar-refractivity contribution in [2.75, 3.05) is 12.9 Å². The normalized spacial score (nSPS) is 11.6. The monoisotopic (exact) mass is 396 g/mol. The number of ether oxygens (including phenoxy) is 1. The molecule has 1 aromatic heterocycles. The summed E-state index contributed by atoms with van der Waals surface area (Å²) in [7, 11) is 1.60. The SMILES string of the molecule is COc1ccc(-n2c(SCC(=O)C(C)(C)C)nc3ccc(C)cc3c2=O)cc1. The van der Waals surface area contributed by atoms with E-state index in [9.17, 15) is 9.59 Å². The molecule has 0 bridgehead atoms. The van der Waals surface area contributed by atoms with E-state index >= 15 is 0 Å². The van der Waals surface area contributed by atoms with Gasteiger partial charge in [0.1, 0.15) is 11.5 Å². The third-order valence-corrected chi connectivity index (χ3v) is 5.43. The fourth-order valence-corrected chi connectivity index (χ4v) is 3.85. The van der Waals surface area contributed by atoms with Crippen molar-refractivity contribution >= 4 is 28.4 Å².